The number of benzene rings is 1. The molecule has 1 unspecified atom stereocenters. The molecule has 1 atom stereocenters. The van der Waals surface area contributed by atoms with E-state index >= 15 is 0 Å². The highest BCUT2D eigenvalue weighted by Crippen LogP contribution is 2.25. The summed E-state index contributed by atoms with van der Waals surface area (Å²) >= 11 is 0. The maximum Gasteiger partial charge on any atom is 0.146 e. The average molecular weight is 279 g/mol. The van der Waals surface area contributed by atoms with Crippen molar-refractivity contribution in [2.45, 2.75) is 32.2 Å². The Hall–Kier alpha value is -1.13. The fourth-order valence-corrected chi connectivity index (χ4v) is 3.12. The van der Waals surface area contributed by atoms with E-state index in [0.717, 1.165) is 44.7 Å². The van der Waals surface area contributed by atoms with E-state index in [2.05, 4.69) is 23.6 Å². The zero-order valence-corrected chi connectivity index (χ0v) is 12.6. The number of nitrogens with zero attached hydrogens (tertiary/aromatic N) is 2. The third kappa shape index (κ3) is 3.13. The third-order valence-electron chi connectivity index (χ3n) is 4.46. The monoisotopic (exact) mass is 279 g/mol. The topological polar surface area (TPSA) is 32.5 Å². The predicted octanol–water partition coefficient (Wildman–Crippen LogP) is 2.47. The van der Waals surface area contributed by atoms with E-state index in [1.807, 2.05) is 12.1 Å². The molecule has 0 saturated carbocycles. The Labute approximate surface area is 121 Å². The molecule has 0 bridgehead atoms. The van der Waals surface area contributed by atoms with Crippen LogP contribution in [-0.4, -0.2) is 43.2 Å². The number of nitrogens with two attached hydrogens (primary N) is 1. The molecule has 0 aromatic heterocycles. The summed E-state index contributed by atoms with van der Waals surface area (Å²) in [5.41, 5.74) is 6.78. The van der Waals surface area contributed by atoms with Crippen molar-refractivity contribution < 1.29 is 4.39 Å². The standard InChI is InChI=1S/C16H26FN3/c1-3-8-16(2,13-18)20-11-9-19(10-12-20)15-7-5-4-6-14(15)17/h4-7H,3,8-13,18H2,1-2H3. The van der Waals surface area contributed by atoms with E-state index in [4.69, 9.17) is 5.73 Å². The Kier molecular flexibility index (Phi) is 5.00. The second kappa shape index (κ2) is 6.55. The first-order chi connectivity index (χ1) is 9.60. The van der Waals surface area contributed by atoms with Gasteiger partial charge in [0.2, 0.25) is 0 Å². The van der Waals surface area contributed by atoms with Gasteiger partial charge < -0.3 is 10.6 Å². The first kappa shape index (κ1) is 15.3. The first-order valence-corrected chi connectivity index (χ1v) is 7.55. The zero-order valence-electron chi connectivity index (χ0n) is 12.6. The van der Waals surface area contributed by atoms with Gasteiger partial charge in [0.05, 0.1) is 5.69 Å². The van der Waals surface area contributed by atoms with Crippen LogP contribution in [-0.2, 0) is 0 Å². The molecule has 1 aliphatic heterocycles. The highest BCUT2D eigenvalue weighted by Gasteiger charge is 2.32. The molecule has 0 spiro atoms. The van der Waals surface area contributed by atoms with Gasteiger partial charge in [-0.3, -0.25) is 4.90 Å². The normalized spacial score (nSPS) is 19.9. The van der Waals surface area contributed by atoms with Crippen molar-refractivity contribution in [3.63, 3.8) is 0 Å². The molecular weight excluding hydrogens is 253 g/mol. The first-order valence-electron chi connectivity index (χ1n) is 7.55. The fraction of sp³-hybridized carbons (Fsp3) is 0.625. The van der Waals surface area contributed by atoms with E-state index < -0.39 is 0 Å². The molecule has 1 aliphatic rings. The second-order valence-corrected chi connectivity index (χ2v) is 5.88. The molecule has 1 fully saturated rings. The van der Waals surface area contributed by atoms with Crippen LogP contribution in [0.4, 0.5) is 10.1 Å². The van der Waals surface area contributed by atoms with Crippen molar-refractivity contribution in [1.82, 2.24) is 4.90 Å². The molecular formula is C16H26FN3. The summed E-state index contributed by atoms with van der Waals surface area (Å²) < 4.78 is 13.8. The molecule has 4 heteroatoms. The van der Waals surface area contributed by atoms with E-state index in [0.29, 0.717) is 6.54 Å². The van der Waals surface area contributed by atoms with Crippen LogP contribution in [0, 0.1) is 5.82 Å². The van der Waals surface area contributed by atoms with Crippen molar-refractivity contribution in [3.05, 3.63) is 30.1 Å². The van der Waals surface area contributed by atoms with Crippen molar-refractivity contribution in [1.29, 1.82) is 0 Å². The molecule has 1 saturated heterocycles. The Bertz CT molecular complexity index is 429. The summed E-state index contributed by atoms with van der Waals surface area (Å²) in [7, 11) is 0. The smallest absolute Gasteiger partial charge is 0.146 e. The van der Waals surface area contributed by atoms with Crippen LogP contribution >= 0.6 is 0 Å². The molecule has 0 aliphatic carbocycles. The lowest BCUT2D eigenvalue weighted by molar-refractivity contribution is 0.0933. The average Bonchev–Trinajstić information content (AvgIpc) is 2.48. The van der Waals surface area contributed by atoms with E-state index in [9.17, 15) is 4.39 Å². The molecule has 2 N–H and O–H groups in total. The van der Waals surface area contributed by atoms with Crippen LogP contribution in [0.1, 0.15) is 26.7 Å². The molecule has 0 radical (unpaired) electrons. The van der Waals surface area contributed by atoms with Crippen LogP contribution < -0.4 is 10.6 Å². The zero-order chi connectivity index (χ0) is 14.6. The van der Waals surface area contributed by atoms with E-state index in [-0.39, 0.29) is 11.4 Å². The largest absolute Gasteiger partial charge is 0.367 e. The number of halogens is 1. The highest BCUT2D eigenvalue weighted by atomic mass is 19.1. The quantitative estimate of drug-likeness (QED) is 0.898. The van der Waals surface area contributed by atoms with Gasteiger partial charge in [-0.1, -0.05) is 25.5 Å². The van der Waals surface area contributed by atoms with Crippen LogP contribution in [0.25, 0.3) is 0 Å². The summed E-state index contributed by atoms with van der Waals surface area (Å²) in [6.07, 6.45) is 2.25. The molecule has 112 valence electrons. The molecule has 1 aromatic rings. The van der Waals surface area contributed by atoms with Gasteiger partial charge in [0.1, 0.15) is 5.82 Å². The lowest BCUT2D eigenvalue weighted by Crippen LogP contribution is -2.58. The van der Waals surface area contributed by atoms with Gasteiger partial charge in [-0.25, -0.2) is 4.39 Å². The van der Waals surface area contributed by atoms with Gasteiger partial charge in [-0.05, 0) is 25.5 Å². The second-order valence-electron chi connectivity index (χ2n) is 5.88. The maximum absolute atomic E-state index is 13.8. The Morgan fingerprint density at radius 2 is 1.85 bits per heavy atom. The van der Waals surface area contributed by atoms with Gasteiger partial charge in [-0.15, -0.1) is 0 Å². The lowest BCUT2D eigenvalue weighted by atomic mass is 9.93. The molecule has 20 heavy (non-hydrogen) atoms. The molecule has 3 nitrogen and oxygen atoms in total. The Balaban J connectivity index is 2.00. The highest BCUT2D eigenvalue weighted by molar-refractivity contribution is 5.48. The van der Waals surface area contributed by atoms with Gasteiger partial charge in [0, 0.05) is 38.3 Å². The number of piperazine rings is 1. The lowest BCUT2D eigenvalue weighted by Gasteiger charge is -2.46. The molecule has 2 rings (SSSR count). The SMILES string of the molecule is CCCC(C)(CN)N1CCN(c2ccccc2F)CC1. The number of rotatable bonds is 5. The Morgan fingerprint density at radius 3 is 2.40 bits per heavy atom. The summed E-state index contributed by atoms with van der Waals surface area (Å²) in [6.45, 7) is 8.74. The van der Waals surface area contributed by atoms with Gasteiger partial charge in [0.25, 0.3) is 0 Å². The van der Waals surface area contributed by atoms with Crippen molar-refractivity contribution in [2.24, 2.45) is 5.73 Å². The van der Waals surface area contributed by atoms with Crippen LogP contribution in [0.15, 0.2) is 24.3 Å². The van der Waals surface area contributed by atoms with Crippen molar-refractivity contribution >= 4 is 5.69 Å². The molecule has 1 heterocycles. The minimum atomic E-state index is -0.129. The minimum absolute atomic E-state index is 0.0794. The van der Waals surface area contributed by atoms with Crippen LogP contribution in [0.3, 0.4) is 0 Å². The number of hydrogen-bond donors (Lipinski definition) is 1. The third-order valence-corrected chi connectivity index (χ3v) is 4.46. The number of anilines is 1. The van der Waals surface area contributed by atoms with Crippen molar-refractivity contribution in [2.75, 3.05) is 37.6 Å². The Morgan fingerprint density at radius 1 is 1.20 bits per heavy atom. The molecule has 0 amide bonds. The molecule has 1 aromatic carbocycles. The van der Waals surface area contributed by atoms with Crippen LogP contribution in [0.2, 0.25) is 0 Å². The predicted molar refractivity (Wildman–Crippen MR) is 82.6 cm³/mol. The number of hydrogen-bond acceptors (Lipinski definition) is 3. The van der Waals surface area contributed by atoms with Gasteiger partial charge in [-0.2, -0.15) is 0 Å². The summed E-state index contributed by atoms with van der Waals surface area (Å²) in [5, 5.41) is 0. The van der Waals surface area contributed by atoms with E-state index in [1.54, 1.807) is 6.07 Å². The van der Waals surface area contributed by atoms with E-state index in [1.165, 1.54) is 6.07 Å². The number of para-hydroxylation sites is 1. The summed E-state index contributed by atoms with van der Waals surface area (Å²) in [4.78, 5) is 4.60. The van der Waals surface area contributed by atoms with Crippen LogP contribution in [0.5, 0.6) is 0 Å². The van der Waals surface area contributed by atoms with Gasteiger partial charge in [0.15, 0.2) is 0 Å². The fourth-order valence-electron chi connectivity index (χ4n) is 3.12. The summed E-state index contributed by atoms with van der Waals surface area (Å²) in [5.74, 6) is -0.129. The minimum Gasteiger partial charge on any atom is -0.367 e. The van der Waals surface area contributed by atoms with Gasteiger partial charge >= 0.3 is 0 Å². The summed E-state index contributed by atoms with van der Waals surface area (Å²) in [6, 6.07) is 7.02. The van der Waals surface area contributed by atoms with Crippen molar-refractivity contribution in [3.8, 4) is 0 Å². The maximum atomic E-state index is 13.8.